The molecule has 1 atom stereocenters. The number of pyridine rings is 1. The molecule has 1 saturated heterocycles. The van der Waals surface area contributed by atoms with E-state index in [1.807, 2.05) is 65.8 Å². The number of anilines is 2. The highest BCUT2D eigenvalue weighted by Crippen LogP contribution is 2.46. The Morgan fingerprint density at radius 2 is 1.77 bits per heavy atom. The van der Waals surface area contributed by atoms with Crippen molar-refractivity contribution in [3.8, 4) is 17.2 Å². The first kappa shape index (κ1) is 35.4. The van der Waals surface area contributed by atoms with Crippen LogP contribution in [0.15, 0.2) is 53.2 Å². The minimum atomic E-state index is -1.03. The van der Waals surface area contributed by atoms with Crippen molar-refractivity contribution in [2.75, 3.05) is 29.4 Å². The Bertz CT molecular complexity index is 2200. The molecule has 0 spiro atoms. The predicted molar refractivity (Wildman–Crippen MR) is 203 cm³/mol. The lowest BCUT2D eigenvalue weighted by Gasteiger charge is -2.41. The molecule has 2 aliphatic rings. The molecule has 0 aliphatic carbocycles. The highest BCUT2D eigenvalue weighted by Gasteiger charge is 2.38. The van der Waals surface area contributed by atoms with E-state index in [2.05, 4.69) is 57.9 Å². The number of furan rings is 1. The van der Waals surface area contributed by atoms with Gasteiger partial charge in [0.1, 0.15) is 23.5 Å². The van der Waals surface area contributed by atoms with E-state index >= 15 is 0 Å². The SMILES string of the molecule is Cc1nc(C#N)c(-c2ccc3c(c2)CCN(c2ncnc4c2oc2ccccc24)C3)c(N2CCC(C)(C)CC2)c1C(OC(C)(C)C)C(=O)OC(C)C. The van der Waals surface area contributed by atoms with Gasteiger partial charge in [0, 0.05) is 48.4 Å². The van der Waals surface area contributed by atoms with Crippen LogP contribution in [0.1, 0.15) is 95.5 Å². The van der Waals surface area contributed by atoms with Crippen LogP contribution in [0.25, 0.3) is 33.2 Å². The number of benzene rings is 2. The van der Waals surface area contributed by atoms with Crippen LogP contribution < -0.4 is 9.80 Å². The molecule has 10 nitrogen and oxygen atoms in total. The Kier molecular flexibility index (Phi) is 9.20. The Labute approximate surface area is 305 Å². The molecule has 10 heteroatoms. The number of hydrogen-bond donors (Lipinski definition) is 0. The van der Waals surface area contributed by atoms with Crippen LogP contribution in [-0.4, -0.2) is 52.3 Å². The third-order valence-electron chi connectivity index (χ3n) is 10.2. The standard InChI is InChI=1S/C42H48N6O4/c1-25(2)50-40(49)37(52-41(4,5)6)33-26(3)46-31(22-43)34(36(33)47-19-16-42(7,8)17-20-47)28-13-14-29-23-48(18-15-27(29)21-28)39-38-35(44-24-45-39)30-11-9-10-12-32(30)51-38/h9-14,21,24-25,37H,15-20,23H2,1-8H3. The summed E-state index contributed by atoms with van der Waals surface area (Å²) in [6.45, 7) is 18.9. The van der Waals surface area contributed by atoms with Crippen molar-refractivity contribution in [3.05, 3.63) is 76.9 Å². The van der Waals surface area contributed by atoms with Crippen molar-refractivity contribution in [3.63, 3.8) is 0 Å². The summed E-state index contributed by atoms with van der Waals surface area (Å²) in [5, 5.41) is 11.6. The molecule has 5 aromatic rings. The number of nitrogens with zero attached hydrogens (tertiary/aromatic N) is 6. The molecular weight excluding hydrogens is 653 g/mol. The average molecular weight is 701 g/mol. The van der Waals surface area contributed by atoms with E-state index in [1.54, 1.807) is 6.33 Å². The minimum Gasteiger partial charge on any atom is -0.461 e. The third kappa shape index (κ3) is 6.82. The van der Waals surface area contributed by atoms with E-state index in [4.69, 9.17) is 18.9 Å². The molecule has 0 radical (unpaired) electrons. The van der Waals surface area contributed by atoms with Crippen LogP contribution in [-0.2, 0) is 27.2 Å². The number of esters is 1. The third-order valence-corrected chi connectivity index (χ3v) is 10.2. The molecule has 270 valence electrons. The molecule has 52 heavy (non-hydrogen) atoms. The van der Waals surface area contributed by atoms with Crippen LogP contribution in [0.3, 0.4) is 0 Å². The summed E-state index contributed by atoms with van der Waals surface area (Å²) in [5.41, 5.74) is 8.24. The summed E-state index contributed by atoms with van der Waals surface area (Å²) in [4.78, 5) is 32.6. The zero-order chi connectivity index (χ0) is 36.9. The number of aromatic nitrogens is 3. The molecule has 3 aromatic heterocycles. The molecule has 0 N–H and O–H groups in total. The summed E-state index contributed by atoms with van der Waals surface area (Å²) in [7, 11) is 0. The topological polar surface area (TPSA) is 118 Å². The van der Waals surface area contributed by atoms with Crippen LogP contribution >= 0.6 is 0 Å². The Balaban J connectivity index is 1.34. The molecular formula is C42H48N6O4. The van der Waals surface area contributed by atoms with Crippen LogP contribution in [0, 0.1) is 23.7 Å². The van der Waals surface area contributed by atoms with Gasteiger partial charge in [-0.3, -0.25) is 0 Å². The van der Waals surface area contributed by atoms with Gasteiger partial charge in [0.15, 0.2) is 23.2 Å². The van der Waals surface area contributed by atoms with E-state index in [0.29, 0.717) is 29.1 Å². The lowest BCUT2D eigenvalue weighted by molar-refractivity contribution is -0.171. The number of aryl methyl sites for hydroxylation is 1. The summed E-state index contributed by atoms with van der Waals surface area (Å²) in [6, 6.07) is 16.8. The summed E-state index contributed by atoms with van der Waals surface area (Å²) in [5.74, 6) is 0.321. The fraction of sp³-hybridized carbons (Fsp3) is 0.452. The van der Waals surface area contributed by atoms with Crippen molar-refractivity contribution in [2.45, 2.75) is 99.0 Å². The number of para-hydroxylation sites is 1. The molecule has 2 aromatic carbocycles. The molecule has 0 amide bonds. The van der Waals surface area contributed by atoms with Gasteiger partial charge in [-0.05, 0) is 95.0 Å². The van der Waals surface area contributed by atoms with Crippen molar-refractivity contribution in [1.82, 2.24) is 15.0 Å². The van der Waals surface area contributed by atoms with Crippen LogP contribution in [0.5, 0.6) is 0 Å². The van der Waals surface area contributed by atoms with Gasteiger partial charge in [-0.25, -0.2) is 19.7 Å². The lowest BCUT2D eigenvalue weighted by atomic mass is 9.81. The highest BCUT2D eigenvalue weighted by atomic mass is 16.6. The van der Waals surface area contributed by atoms with Gasteiger partial charge < -0.3 is 23.7 Å². The monoisotopic (exact) mass is 700 g/mol. The normalized spacial score (nSPS) is 16.6. The average Bonchev–Trinajstić information content (AvgIpc) is 3.48. The number of rotatable bonds is 7. The second kappa shape index (κ2) is 13.5. The lowest BCUT2D eigenvalue weighted by Crippen LogP contribution is -2.39. The summed E-state index contributed by atoms with van der Waals surface area (Å²) < 4.78 is 18.6. The highest BCUT2D eigenvalue weighted by molar-refractivity contribution is 6.05. The Morgan fingerprint density at radius 1 is 1.02 bits per heavy atom. The number of carbonyl (C=O) groups is 1. The van der Waals surface area contributed by atoms with E-state index in [0.717, 1.165) is 78.0 Å². The molecule has 0 saturated carbocycles. The van der Waals surface area contributed by atoms with Gasteiger partial charge in [0.2, 0.25) is 0 Å². The zero-order valence-electron chi connectivity index (χ0n) is 31.5. The minimum absolute atomic E-state index is 0.185. The second-order valence-corrected chi connectivity index (χ2v) is 16.2. The van der Waals surface area contributed by atoms with E-state index in [1.165, 1.54) is 11.1 Å². The number of fused-ring (bicyclic) bond motifs is 4. The van der Waals surface area contributed by atoms with E-state index in [9.17, 15) is 10.1 Å². The number of carbonyl (C=O) groups excluding carboxylic acids is 1. The molecule has 1 fully saturated rings. The number of nitriles is 1. The zero-order valence-corrected chi connectivity index (χ0v) is 31.5. The largest absolute Gasteiger partial charge is 0.461 e. The Hall–Kier alpha value is -5.01. The van der Waals surface area contributed by atoms with Gasteiger partial charge in [-0.1, -0.05) is 44.2 Å². The maximum atomic E-state index is 13.9. The van der Waals surface area contributed by atoms with Gasteiger partial charge >= 0.3 is 5.97 Å². The molecule has 7 rings (SSSR count). The number of hydrogen-bond acceptors (Lipinski definition) is 10. The van der Waals surface area contributed by atoms with E-state index in [-0.39, 0.29) is 11.5 Å². The predicted octanol–water partition coefficient (Wildman–Crippen LogP) is 8.62. The second-order valence-electron chi connectivity index (χ2n) is 16.2. The maximum absolute atomic E-state index is 13.9. The fourth-order valence-corrected chi connectivity index (χ4v) is 7.53. The van der Waals surface area contributed by atoms with Gasteiger partial charge in [0.05, 0.1) is 17.4 Å². The number of piperidine rings is 1. The first-order valence-corrected chi connectivity index (χ1v) is 18.3. The van der Waals surface area contributed by atoms with Crippen molar-refractivity contribution >= 4 is 39.5 Å². The first-order chi connectivity index (χ1) is 24.7. The maximum Gasteiger partial charge on any atom is 0.340 e. The van der Waals surface area contributed by atoms with Gasteiger partial charge in [0.25, 0.3) is 0 Å². The molecule has 5 heterocycles. The van der Waals surface area contributed by atoms with Crippen LogP contribution in [0.2, 0.25) is 0 Å². The molecule has 0 bridgehead atoms. The molecule has 2 aliphatic heterocycles. The van der Waals surface area contributed by atoms with Crippen molar-refractivity contribution < 1.29 is 18.7 Å². The van der Waals surface area contributed by atoms with Crippen LogP contribution in [0.4, 0.5) is 11.5 Å². The summed E-state index contributed by atoms with van der Waals surface area (Å²) in [6.07, 6.45) is 2.97. The Morgan fingerprint density at radius 3 is 2.48 bits per heavy atom. The smallest absolute Gasteiger partial charge is 0.340 e. The van der Waals surface area contributed by atoms with E-state index < -0.39 is 17.7 Å². The quantitative estimate of drug-likeness (QED) is 0.153. The van der Waals surface area contributed by atoms with Crippen molar-refractivity contribution in [2.24, 2.45) is 5.41 Å². The van der Waals surface area contributed by atoms with Gasteiger partial charge in [-0.15, -0.1) is 0 Å². The molecule has 1 unspecified atom stereocenters. The fourth-order valence-electron chi connectivity index (χ4n) is 7.53. The number of ether oxygens (including phenoxy) is 2. The van der Waals surface area contributed by atoms with Crippen molar-refractivity contribution in [1.29, 1.82) is 5.26 Å². The van der Waals surface area contributed by atoms with Gasteiger partial charge in [-0.2, -0.15) is 5.26 Å². The first-order valence-electron chi connectivity index (χ1n) is 18.3. The summed E-state index contributed by atoms with van der Waals surface area (Å²) >= 11 is 0.